The molecule has 0 saturated heterocycles. The molecular weight excluding hydrogens is 332 g/mol. The molecule has 2 aromatic carbocycles. The van der Waals surface area contributed by atoms with Crippen molar-refractivity contribution in [1.29, 1.82) is 0 Å². The van der Waals surface area contributed by atoms with E-state index < -0.39 is 0 Å². The second kappa shape index (κ2) is 4.77. The van der Waals surface area contributed by atoms with Crippen LogP contribution in [0.1, 0.15) is 17.5 Å². The van der Waals surface area contributed by atoms with Gasteiger partial charge in [0, 0.05) is 4.47 Å². The Morgan fingerprint density at radius 1 is 1.24 bits per heavy atom. The number of para-hydroxylation sites is 2. The number of nitrogens with one attached hydrogen (secondary N) is 1. The summed E-state index contributed by atoms with van der Waals surface area (Å²) in [6.45, 7) is 2.50. The van der Waals surface area contributed by atoms with Crippen LogP contribution in [0.15, 0.2) is 40.9 Å². The van der Waals surface area contributed by atoms with Gasteiger partial charge in [0.05, 0.1) is 11.0 Å². The molecule has 1 unspecified atom stereocenters. The first-order chi connectivity index (χ1) is 10.2. The lowest BCUT2D eigenvalue weighted by Gasteiger charge is -2.24. The molecule has 21 heavy (non-hydrogen) atoms. The summed E-state index contributed by atoms with van der Waals surface area (Å²) in [6.07, 6.45) is -0.217. The molecule has 106 valence electrons. The summed E-state index contributed by atoms with van der Waals surface area (Å²) in [4.78, 5) is 8.00. The van der Waals surface area contributed by atoms with Crippen LogP contribution in [0.5, 0.6) is 11.5 Å². The van der Waals surface area contributed by atoms with Gasteiger partial charge in [0.25, 0.3) is 0 Å². The van der Waals surface area contributed by atoms with Crippen LogP contribution >= 0.6 is 15.9 Å². The summed E-state index contributed by atoms with van der Waals surface area (Å²) in [5.41, 5.74) is 3.09. The maximum absolute atomic E-state index is 5.99. The number of aryl methyl sites for hydroxylation is 1. The van der Waals surface area contributed by atoms with E-state index in [4.69, 9.17) is 9.47 Å². The number of aromatic amines is 1. The van der Waals surface area contributed by atoms with Crippen LogP contribution in [-0.2, 0) is 0 Å². The molecule has 0 spiro atoms. The predicted octanol–water partition coefficient (Wildman–Crippen LogP) is 4.15. The zero-order chi connectivity index (χ0) is 14.4. The molecule has 0 fully saturated rings. The highest BCUT2D eigenvalue weighted by molar-refractivity contribution is 9.10. The number of imidazole rings is 1. The molecular formula is C16H13BrN2O2. The monoisotopic (exact) mass is 344 g/mol. The molecule has 0 bridgehead atoms. The van der Waals surface area contributed by atoms with Gasteiger partial charge < -0.3 is 14.5 Å². The number of rotatable bonds is 1. The average molecular weight is 345 g/mol. The van der Waals surface area contributed by atoms with Crippen molar-refractivity contribution >= 4 is 27.0 Å². The highest BCUT2D eigenvalue weighted by atomic mass is 79.9. The van der Waals surface area contributed by atoms with Crippen molar-refractivity contribution in [3.63, 3.8) is 0 Å². The summed E-state index contributed by atoms with van der Waals surface area (Å²) in [5.74, 6) is 2.33. The Kier molecular flexibility index (Phi) is 2.89. The Bertz CT molecular complexity index is 828. The molecule has 0 amide bonds. The zero-order valence-electron chi connectivity index (χ0n) is 11.4. The normalized spacial score (nSPS) is 17.1. The van der Waals surface area contributed by atoms with Gasteiger partial charge in [-0.25, -0.2) is 4.98 Å². The van der Waals surface area contributed by atoms with Crippen molar-refractivity contribution in [2.24, 2.45) is 0 Å². The van der Waals surface area contributed by atoms with Crippen LogP contribution in [0.3, 0.4) is 0 Å². The lowest BCUT2D eigenvalue weighted by Crippen LogP contribution is -2.22. The van der Waals surface area contributed by atoms with Crippen molar-refractivity contribution in [3.05, 3.63) is 52.3 Å². The van der Waals surface area contributed by atoms with Gasteiger partial charge in [0.15, 0.2) is 23.4 Å². The second-order valence-electron chi connectivity index (χ2n) is 5.11. The van der Waals surface area contributed by atoms with Gasteiger partial charge >= 0.3 is 0 Å². The van der Waals surface area contributed by atoms with Gasteiger partial charge in [0.2, 0.25) is 0 Å². The number of halogens is 1. The number of hydrogen-bond donors (Lipinski definition) is 1. The third-order valence-electron chi connectivity index (χ3n) is 3.57. The summed E-state index contributed by atoms with van der Waals surface area (Å²) >= 11 is 3.51. The number of hydrogen-bond acceptors (Lipinski definition) is 3. The average Bonchev–Trinajstić information content (AvgIpc) is 2.91. The molecule has 4 nitrogen and oxygen atoms in total. The number of benzene rings is 2. The molecule has 0 saturated carbocycles. The van der Waals surface area contributed by atoms with Crippen LogP contribution < -0.4 is 9.47 Å². The van der Waals surface area contributed by atoms with Crippen LogP contribution in [0.4, 0.5) is 0 Å². The maximum atomic E-state index is 5.99. The molecule has 3 aromatic rings. The third-order valence-corrected chi connectivity index (χ3v) is 4.03. The number of H-pyrrole nitrogens is 1. The number of aromatic nitrogens is 2. The van der Waals surface area contributed by atoms with Crippen molar-refractivity contribution < 1.29 is 9.47 Å². The van der Waals surface area contributed by atoms with Crippen molar-refractivity contribution in [2.75, 3.05) is 6.61 Å². The fraction of sp³-hybridized carbons (Fsp3) is 0.188. The SMILES string of the molecule is Cc1cc(Br)cc2[nH]c(C3COc4ccccc4O3)nc12. The maximum Gasteiger partial charge on any atom is 0.190 e. The van der Waals surface area contributed by atoms with E-state index in [0.717, 1.165) is 38.4 Å². The fourth-order valence-corrected chi connectivity index (χ4v) is 3.14. The van der Waals surface area contributed by atoms with Crippen LogP contribution in [0.2, 0.25) is 0 Å². The van der Waals surface area contributed by atoms with Crippen LogP contribution in [0.25, 0.3) is 11.0 Å². The third kappa shape index (κ3) is 2.17. The molecule has 4 rings (SSSR count). The first-order valence-electron chi connectivity index (χ1n) is 6.75. The van der Waals surface area contributed by atoms with Gasteiger partial charge in [-0.05, 0) is 36.8 Å². The smallest absolute Gasteiger partial charge is 0.190 e. The molecule has 2 heterocycles. The predicted molar refractivity (Wildman–Crippen MR) is 83.8 cm³/mol. The van der Waals surface area contributed by atoms with E-state index in [-0.39, 0.29) is 6.10 Å². The van der Waals surface area contributed by atoms with Crippen LogP contribution in [0, 0.1) is 6.92 Å². The topological polar surface area (TPSA) is 47.1 Å². The molecule has 1 atom stereocenters. The Morgan fingerprint density at radius 3 is 2.90 bits per heavy atom. The molecule has 5 heteroatoms. The standard InChI is InChI=1S/C16H13BrN2O2/c1-9-6-10(17)7-11-15(9)19-16(18-11)14-8-20-12-4-2-3-5-13(12)21-14/h2-7,14H,8H2,1H3,(H,18,19). The Hall–Kier alpha value is -2.01. The van der Waals surface area contributed by atoms with E-state index in [0.29, 0.717) is 6.61 Å². The fourth-order valence-electron chi connectivity index (χ4n) is 2.57. The summed E-state index contributed by atoms with van der Waals surface area (Å²) < 4.78 is 12.8. The van der Waals surface area contributed by atoms with Gasteiger partial charge in [-0.2, -0.15) is 0 Å². The van der Waals surface area contributed by atoms with Gasteiger partial charge in [0.1, 0.15) is 6.61 Å². The first kappa shape index (κ1) is 12.7. The van der Waals surface area contributed by atoms with E-state index in [1.165, 1.54) is 0 Å². The first-order valence-corrected chi connectivity index (χ1v) is 7.54. The van der Waals surface area contributed by atoms with Crippen LogP contribution in [-0.4, -0.2) is 16.6 Å². The minimum absolute atomic E-state index is 0.217. The Labute approximate surface area is 130 Å². The van der Waals surface area contributed by atoms with Gasteiger partial charge in [-0.3, -0.25) is 0 Å². The number of fused-ring (bicyclic) bond motifs is 2. The lowest BCUT2D eigenvalue weighted by molar-refractivity contribution is 0.0859. The molecule has 1 aromatic heterocycles. The van der Waals surface area contributed by atoms with E-state index >= 15 is 0 Å². The highest BCUT2D eigenvalue weighted by Gasteiger charge is 2.25. The quantitative estimate of drug-likeness (QED) is 0.721. The zero-order valence-corrected chi connectivity index (χ0v) is 13.0. The van der Waals surface area contributed by atoms with Gasteiger partial charge in [-0.1, -0.05) is 28.1 Å². The summed E-state index contributed by atoms with van der Waals surface area (Å²) in [7, 11) is 0. The summed E-state index contributed by atoms with van der Waals surface area (Å²) in [5, 5.41) is 0. The molecule has 1 N–H and O–H groups in total. The van der Waals surface area contributed by atoms with Gasteiger partial charge in [-0.15, -0.1) is 0 Å². The van der Waals surface area contributed by atoms with E-state index in [9.17, 15) is 0 Å². The van der Waals surface area contributed by atoms with E-state index in [1.54, 1.807) is 0 Å². The lowest BCUT2D eigenvalue weighted by atomic mass is 10.2. The van der Waals surface area contributed by atoms with E-state index in [2.05, 4.69) is 32.0 Å². The van der Waals surface area contributed by atoms with E-state index in [1.807, 2.05) is 37.3 Å². The van der Waals surface area contributed by atoms with Crippen molar-refractivity contribution in [3.8, 4) is 11.5 Å². The summed E-state index contributed by atoms with van der Waals surface area (Å²) in [6, 6.07) is 11.8. The number of ether oxygens (including phenoxy) is 2. The number of nitrogens with zero attached hydrogens (tertiary/aromatic N) is 1. The molecule has 0 aliphatic carbocycles. The molecule has 1 aliphatic heterocycles. The minimum Gasteiger partial charge on any atom is -0.485 e. The Morgan fingerprint density at radius 2 is 2.05 bits per heavy atom. The van der Waals surface area contributed by atoms with Crippen molar-refractivity contribution in [2.45, 2.75) is 13.0 Å². The largest absolute Gasteiger partial charge is 0.485 e. The Balaban J connectivity index is 1.73. The minimum atomic E-state index is -0.217. The molecule has 1 aliphatic rings. The second-order valence-corrected chi connectivity index (χ2v) is 6.02. The van der Waals surface area contributed by atoms with Crippen molar-refractivity contribution in [1.82, 2.24) is 9.97 Å². The molecule has 0 radical (unpaired) electrons. The highest BCUT2D eigenvalue weighted by Crippen LogP contribution is 2.35.